The summed E-state index contributed by atoms with van der Waals surface area (Å²) in [5, 5.41) is 19.7. The molecule has 0 unspecified atom stereocenters. The summed E-state index contributed by atoms with van der Waals surface area (Å²) in [4.78, 5) is 33.7. The SMILES string of the molecule is Cc1cccc(NC(=O)N(CC(=O)O)CC(=O)O)c1. The van der Waals surface area contributed by atoms with Gasteiger partial charge in [-0.05, 0) is 24.6 Å². The van der Waals surface area contributed by atoms with Crippen LogP contribution in [0.15, 0.2) is 24.3 Å². The number of aliphatic carboxylic acids is 2. The minimum absolute atomic E-state index is 0.478. The first-order valence-corrected chi connectivity index (χ1v) is 5.44. The predicted molar refractivity (Wildman–Crippen MR) is 67.0 cm³/mol. The molecular formula is C12H14N2O5. The molecule has 0 aliphatic heterocycles. The maximum absolute atomic E-state index is 11.8. The third-order valence-electron chi connectivity index (χ3n) is 2.21. The monoisotopic (exact) mass is 266 g/mol. The summed E-state index contributed by atoms with van der Waals surface area (Å²) in [6.07, 6.45) is 0. The summed E-state index contributed by atoms with van der Waals surface area (Å²) in [5.74, 6) is -2.55. The summed E-state index contributed by atoms with van der Waals surface area (Å²) in [6.45, 7) is 0.482. The molecule has 0 aliphatic carbocycles. The number of nitrogens with zero attached hydrogens (tertiary/aromatic N) is 1. The van der Waals surface area contributed by atoms with E-state index >= 15 is 0 Å². The number of amides is 2. The van der Waals surface area contributed by atoms with Crippen LogP contribution in [0.2, 0.25) is 0 Å². The van der Waals surface area contributed by atoms with Gasteiger partial charge in [0.25, 0.3) is 0 Å². The number of nitrogens with one attached hydrogen (secondary N) is 1. The van der Waals surface area contributed by atoms with Crippen LogP contribution in [0.25, 0.3) is 0 Å². The van der Waals surface area contributed by atoms with Gasteiger partial charge in [-0.1, -0.05) is 12.1 Å². The van der Waals surface area contributed by atoms with Crippen LogP contribution < -0.4 is 5.32 Å². The van der Waals surface area contributed by atoms with Crippen LogP contribution in [0.3, 0.4) is 0 Å². The second kappa shape index (κ2) is 6.39. The van der Waals surface area contributed by atoms with Crippen molar-refractivity contribution in [1.82, 2.24) is 4.90 Å². The van der Waals surface area contributed by atoms with E-state index in [0.29, 0.717) is 10.6 Å². The third kappa shape index (κ3) is 5.07. The van der Waals surface area contributed by atoms with Gasteiger partial charge in [0.15, 0.2) is 0 Å². The van der Waals surface area contributed by atoms with E-state index in [9.17, 15) is 14.4 Å². The average molecular weight is 266 g/mol. The van der Waals surface area contributed by atoms with E-state index in [-0.39, 0.29) is 0 Å². The number of rotatable bonds is 5. The second-order valence-electron chi connectivity index (χ2n) is 3.94. The van der Waals surface area contributed by atoms with Crippen LogP contribution in [0.4, 0.5) is 10.5 Å². The van der Waals surface area contributed by atoms with Crippen LogP contribution in [0.5, 0.6) is 0 Å². The molecule has 0 saturated carbocycles. The molecule has 0 saturated heterocycles. The van der Waals surface area contributed by atoms with E-state index in [1.165, 1.54) is 0 Å². The molecule has 2 amide bonds. The van der Waals surface area contributed by atoms with E-state index in [1.54, 1.807) is 18.2 Å². The van der Waals surface area contributed by atoms with Crippen molar-refractivity contribution in [3.8, 4) is 0 Å². The van der Waals surface area contributed by atoms with Gasteiger partial charge in [0.05, 0.1) is 0 Å². The van der Waals surface area contributed by atoms with Crippen molar-refractivity contribution in [1.29, 1.82) is 0 Å². The highest BCUT2D eigenvalue weighted by Gasteiger charge is 2.19. The number of hydrogen-bond acceptors (Lipinski definition) is 3. The van der Waals surface area contributed by atoms with E-state index in [4.69, 9.17) is 10.2 Å². The molecule has 1 aromatic carbocycles. The van der Waals surface area contributed by atoms with Crippen LogP contribution >= 0.6 is 0 Å². The van der Waals surface area contributed by atoms with Crippen molar-refractivity contribution < 1.29 is 24.6 Å². The lowest BCUT2D eigenvalue weighted by atomic mass is 10.2. The number of hydrogen-bond donors (Lipinski definition) is 3. The first-order chi connectivity index (χ1) is 8.88. The number of carbonyl (C=O) groups is 3. The lowest BCUT2D eigenvalue weighted by Crippen LogP contribution is -2.41. The highest BCUT2D eigenvalue weighted by molar-refractivity contribution is 5.93. The minimum atomic E-state index is -1.28. The normalized spacial score (nSPS) is 9.74. The van der Waals surface area contributed by atoms with Crippen molar-refractivity contribution in [2.75, 3.05) is 18.4 Å². The largest absolute Gasteiger partial charge is 0.480 e. The lowest BCUT2D eigenvalue weighted by Gasteiger charge is -2.19. The molecule has 3 N–H and O–H groups in total. The van der Waals surface area contributed by atoms with Crippen molar-refractivity contribution >= 4 is 23.7 Å². The second-order valence-corrected chi connectivity index (χ2v) is 3.94. The number of benzene rings is 1. The molecular weight excluding hydrogens is 252 g/mol. The fourth-order valence-electron chi connectivity index (χ4n) is 1.45. The van der Waals surface area contributed by atoms with Crippen molar-refractivity contribution in [3.63, 3.8) is 0 Å². The Labute approximate surface area is 109 Å². The quantitative estimate of drug-likeness (QED) is 0.737. The van der Waals surface area contributed by atoms with E-state index in [0.717, 1.165) is 5.56 Å². The van der Waals surface area contributed by atoms with Gasteiger partial charge in [-0.2, -0.15) is 0 Å². The average Bonchev–Trinajstić information content (AvgIpc) is 2.26. The number of carboxylic acid groups (broad SMARTS) is 2. The molecule has 0 aromatic heterocycles. The summed E-state index contributed by atoms with van der Waals surface area (Å²) in [7, 11) is 0. The zero-order valence-corrected chi connectivity index (χ0v) is 10.3. The number of urea groups is 1. The van der Waals surface area contributed by atoms with Gasteiger partial charge in [0.1, 0.15) is 13.1 Å². The fourth-order valence-corrected chi connectivity index (χ4v) is 1.45. The molecule has 7 nitrogen and oxygen atoms in total. The molecule has 7 heteroatoms. The lowest BCUT2D eigenvalue weighted by molar-refractivity contribution is -0.140. The van der Waals surface area contributed by atoms with Gasteiger partial charge in [0.2, 0.25) is 0 Å². The molecule has 0 spiro atoms. The van der Waals surface area contributed by atoms with Crippen LogP contribution in [-0.4, -0.2) is 46.2 Å². The van der Waals surface area contributed by atoms with E-state index in [2.05, 4.69) is 5.32 Å². The topological polar surface area (TPSA) is 107 Å². The number of carbonyl (C=O) groups excluding carboxylic acids is 1. The third-order valence-corrected chi connectivity index (χ3v) is 2.21. The smallest absolute Gasteiger partial charge is 0.323 e. The Bertz CT molecular complexity index is 485. The van der Waals surface area contributed by atoms with Gasteiger partial charge in [-0.3, -0.25) is 9.59 Å². The summed E-state index contributed by atoms with van der Waals surface area (Å²) >= 11 is 0. The zero-order chi connectivity index (χ0) is 14.4. The number of aryl methyl sites for hydroxylation is 1. The van der Waals surface area contributed by atoms with Gasteiger partial charge < -0.3 is 20.4 Å². The van der Waals surface area contributed by atoms with E-state index in [1.807, 2.05) is 13.0 Å². The molecule has 102 valence electrons. The van der Waals surface area contributed by atoms with Gasteiger partial charge in [0, 0.05) is 5.69 Å². The molecule has 0 heterocycles. The highest BCUT2D eigenvalue weighted by Crippen LogP contribution is 2.10. The van der Waals surface area contributed by atoms with Crippen molar-refractivity contribution in [2.45, 2.75) is 6.92 Å². The molecule has 0 atom stereocenters. The highest BCUT2D eigenvalue weighted by atomic mass is 16.4. The first-order valence-electron chi connectivity index (χ1n) is 5.44. The maximum atomic E-state index is 11.8. The molecule has 0 fully saturated rings. The first kappa shape index (κ1) is 14.5. The van der Waals surface area contributed by atoms with Gasteiger partial charge >= 0.3 is 18.0 Å². The fraction of sp³-hybridized carbons (Fsp3) is 0.250. The summed E-state index contributed by atoms with van der Waals surface area (Å²) in [5.41, 5.74) is 1.39. The molecule has 1 aromatic rings. The molecule has 0 radical (unpaired) electrons. The Morgan fingerprint density at radius 1 is 1.16 bits per heavy atom. The standard InChI is InChI=1S/C12H14N2O5/c1-8-3-2-4-9(5-8)13-12(19)14(6-10(15)16)7-11(17)18/h2-5H,6-7H2,1H3,(H,13,19)(H,15,16)(H,17,18). The summed E-state index contributed by atoms with van der Waals surface area (Å²) in [6, 6.07) is 6.11. The van der Waals surface area contributed by atoms with Gasteiger partial charge in [-0.15, -0.1) is 0 Å². The Kier molecular flexibility index (Phi) is 4.87. The van der Waals surface area contributed by atoms with Crippen molar-refractivity contribution in [2.24, 2.45) is 0 Å². The maximum Gasteiger partial charge on any atom is 0.323 e. The van der Waals surface area contributed by atoms with Crippen LogP contribution in [0, 0.1) is 6.92 Å². The predicted octanol–water partition coefficient (Wildman–Crippen LogP) is 0.998. The zero-order valence-electron chi connectivity index (χ0n) is 10.3. The molecule has 19 heavy (non-hydrogen) atoms. The minimum Gasteiger partial charge on any atom is -0.480 e. The van der Waals surface area contributed by atoms with E-state index < -0.39 is 31.1 Å². The number of carboxylic acids is 2. The molecule has 1 rings (SSSR count). The van der Waals surface area contributed by atoms with Gasteiger partial charge in [-0.25, -0.2) is 4.79 Å². The Balaban J connectivity index is 2.76. The van der Waals surface area contributed by atoms with Crippen LogP contribution in [-0.2, 0) is 9.59 Å². The van der Waals surface area contributed by atoms with Crippen LogP contribution in [0.1, 0.15) is 5.56 Å². The number of anilines is 1. The molecule has 0 bridgehead atoms. The molecule has 0 aliphatic rings. The Morgan fingerprint density at radius 3 is 2.21 bits per heavy atom. The Morgan fingerprint density at radius 2 is 1.74 bits per heavy atom. The Hall–Kier alpha value is -2.57. The summed E-state index contributed by atoms with van der Waals surface area (Å²) < 4.78 is 0. The van der Waals surface area contributed by atoms with Crippen molar-refractivity contribution in [3.05, 3.63) is 29.8 Å².